The number of anilines is 1. The zero-order chi connectivity index (χ0) is 13.0. The molecule has 0 spiro atoms. The Morgan fingerprint density at radius 2 is 1.72 bits per heavy atom. The second-order valence-electron chi connectivity index (χ2n) is 3.95. The molecule has 0 aliphatic carbocycles. The molecule has 0 radical (unpaired) electrons. The lowest BCUT2D eigenvalue weighted by Gasteiger charge is -2.09. The van der Waals surface area contributed by atoms with E-state index in [0.29, 0.717) is 12.3 Å². The van der Waals surface area contributed by atoms with E-state index in [4.69, 9.17) is 15.6 Å². The minimum atomic E-state index is 0.0574. The molecule has 0 heterocycles. The Labute approximate surface area is 114 Å². The summed E-state index contributed by atoms with van der Waals surface area (Å²) in [6.07, 6.45) is 0. The summed E-state index contributed by atoms with van der Waals surface area (Å²) in [5.74, 6) is 0.723. The first-order valence-corrected chi connectivity index (χ1v) is 6.35. The van der Waals surface area contributed by atoms with Crippen molar-refractivity contribution in [3.05, 3.63) is 58.1 Å². The Hall–Kier alpha value is -1.52. The summed E-state index contributed by atoms with van der Waals surface area (Å²) in [5.41, 5.74) is 8.31. The van der Waals surface area contributed by atoms with Crippen molar-refractivity contribution >= 4 is 21.6 Å². The smallest absolute Gasteiger partial charge is 0.136 e. The SMILES string of the molecule is Nc1ccc(Br)c(OCc2ccc(CO)cc2)c1. The minimum Gasteiger partial charge on any atom is -0.488 e. The molecule has 0 saturated carbocycles. The van der Waals surface area contributed by atoms with Crippen LogP contribution in [0.25, 0.3) is 0 Å². The number of halogens is 1. The maximum absolute atomic E-state index is 8.95. The first-order valence-electron chi connectivity index (χ1n) is 5.55. The number of hydrogen-bond donors (Lipinski definition) is 2. The molecule has 0 amide bonds. The molecule has 2 aromatic carbocycles. The van der Waals surface area contributed by atoms with Crippen LogP contribution in [0.2, 0.25) is 0 Å². The van der Waals surface area contributed by atoms with Gasteiger partial charge in [-0.1, -0.05) is 24.3 Å². The van der Waals surface area contributed by atoms with Gasteiger partial charge in [0.05, 0.1) is 11.1 Å². The van der Waals surface area contributed by atoms with Crippen molar-refractivity contribution in [3.63, 3.8) is 0 Å². The molecule has 3 nitrogen and oxygen atoms in total. The number of hydrogen-bond acceptors (Lipinski definition) is 3. The van der Waals surface area contributed by atoms with E-state index in [-0.39, 0.29) is 6.61 Å². The minimum absolute atomic E-state index is 0.0574. The highest BCUT2D eigenvalue weighted by Crippen LogP contribution is 2.27. The maximum atomic E-state index is 8.95. The highest BCUT2D eigenvalue weighted by molar-refractivity contribution is 9.10. The van der Waals surface area contributed by atoms with Gasteiger partial charge in [0.1, 0.15) is 12.4 Å². The van der Waals surface area contributed by atoms with Gasteiger partial charge in [-0.05, 0) is 39.2 Å². The normalized spacial score (nSPS) is 10.3. The van der Waals surface area contributed by atoms with Crippen molar-refractivity contribution in [2.24, 2.45) is 0 Å². The van der Waals surface area contributed by atoms with Gasteiger partial charge in [-0.25, -0.2) is 0 Å². The summed E-state index contributed by atoms with van der Waals surface area (Å²) in [6.45, 7) is 0.523. The van der Waals surface area contributed by atoms with Crippen LogP contribution in [0.3, 0.4) is 0 Å². The van der Waals surface area contributed by atoms with Crippen LogP contribution in [0.4, 0.5) is 5.69 Å². The second kappa shape index (κ2) is 5.89. The van der Waals surface area contributed by atoms with Gasteiger partial charge in [-0.15, -0.1) is 0 Å². The number of aliphatic hydroxyl groups is 1. The lowest BCUT2D eigenvalue weighted by atomic mass is 10.1. The van der Waals surface area contributed by atoms with Crippen molar-refractivity contribution in [1.29, 1.82) is 0 Å². The lowest BCUT2D eigenvalue weighted by Crippen LogP contribution is -1.97. The van der Waals surface area contributed by atoms with Crippen LogP contribution in [0.1, 0.15) is 11.1 Å². The Balaban J connectivity index is 2.04. The highest BCUT2D eigenvalue weighted by Gasteiger charge is 2.02. The lowest BCUT2D eigenvalue weighted by molar-refractivity contribution is 0.281. The van der Waals surface area contributed by atoms with E-state index >= 15 is 0 Å². The van der Waals surface area contributed by atoms with Gasteiger partial charge in [-0.2, -0.15) is 0 Å². The Bertz CT molecular complexity index is 526. The third-order valence-electron chi connectivity index (χ3n) is 2.56. The van der Waals surface area contributed by atoms with Crippen LogP contribution < -0.4 is 10.5 Å². The number of benzene rings is 2. The molecule has 2 aromatic rings. The second-order valence-corrected chi connectivity index (χ2v) is 4.81. The van der Waals surface area contributed by atoms with Gasteiger partial charge < -0.3 is 15.6 Å². The fourth-order valence-electron chi connectivity index (χ4n) is 1.53. The first kappa shape index (κ1) is 12.9. The van der Waals surface area contributed by atoms with E-state index in [9.17, 15) is 0 Å². The Morgan fingerprint density at radius 1 is 1.06 bits per heavy atom. The molecule has 0 aromatic heterocycles. The van der Waals surface area contributed by atoms with Gasteiger partial charge in [0.15, 0.2) is 0 Å². The number of nitrogens with two attached hydrogens (primary N) is 1. The molecule has 0 aliphatic heterocycles. The molecule has 18 heavy (non-hydrogen) atoms. The molecule has 0 aliphatic rings. The number of nitrogen functional groups attached to an aromatic ring is 1. The molecular weight excluding hydrogens is 294 g/mol. The van der Waals surface area contributed by atoms with Crippen LogP contribution >= 0.6 is 15.9 Å². The van der Waals surface area contributed by atoms with E-state index < -0.39 is 0 Å². The van der Waals surface area contributed by atoms with Crippen molar-refractivity contribution in [1.82, 2.24) is 0 Å². The van der Waals surface area contributed by atoms with Crippen LogP contribution in [0.5, 0.6) is 5.75 Å². The summed E-state index contributed by atoms with van der Waals surface area (Å²) in [5, 5.41) is 8.95. The molecule has 0 unspecified atom stereocenters. The van der Waals surface area contributed by atoms with Crippen molar-refractivity contribution in [2.75, 3.05) is 5.73 Å². The molecule has 4 heteroatoms. The van der Waals surface area contributed by atoms with E-state index in [2.05, 4.69) is 15.9 Å². The molecule has 0 saturated heterocycles. The zero-order valence-electron chi connectivity index (χ0n) is 9.77. The Morgan fingerprint density at radius 3 is 2.39 bits per heavy atom. The fraction of sp³-hybridized carbons (Fsp3) is 0.143. The highest BCUT2D eigenvalue weighted by atomic mass is 79.9. The topological polar surface area (TPSA) is 55.5 Å². The van der Waals surface area contributed by atoms with Crippen LogP contribution in [-0.2, 0) is 13.2 Å². The van der Waals surface area contributed by atoms with Crippen LogP contribution in [-0.4, -0.2) is 5.11 Å². The molecule has 0 bridgehead atoms. The van der Waals surface area contributed by atoms with Gasteiger partial charge in [0.25, 0.3) is 0 Å². The van der Waals surface area contributed by atoms with Crippen molar-refractivity contribution in [2.45, 2.75) is 13.2 Å². The summed E-state index contributed by atoms with van der Waals surface area (Å²) < 4.78 is 6.57. The summed E-state index contributed by atoms with van der Waals surface area (Å²) in [4.78, 5) is 0. The van der Waals surface area contributed by atoms with E-state index in [1.165, 1.54) is 0 Å². The monoisotopic (exact) mass is 307 g/mol. The van der Waals surface area contributed by atoms with E-state index in [0.717, 1.165) is 21.3 Å². The van der Waals surface area contributed by atoms with Gasteiger partial charge in [-0.3, -0.25) is 0 Å². The molecular formula is C14H14BrNO2. The van der Waals surface area contributed by atoms with Gasteiger partial charge in [0.2, 0.25) is 0 Å². The first-order chi connectivity index (χ1) is 8.69. The predicted molar refractivity (Wildman–Crippen MR) is 75.3 cm³/mol. The largest absolute Gasteiger partial charge is 0.488 e. The molecule has 94 valence electrons. The third-order valence-corrected chi connectivity index (χ3v) is 3.21. The fourth-order valence-corrected chi connectivity index (χ4v) is 1.89. The summed E-state index contributed by atoms with van der Waals surface area (Å²) in [7, 11) is 0. The number of aliphatic hydroxyl groups excluding tert-OH is 1. The van der Waals surface area contributed by atoms with Gasteiger partial charge >= 0.3 is 0 Å². The summed E-state index contributed by atoms with van der Waals surface area (Å²) in [6, 6.07) is 13.1. The predicted octanol–water partition coefficient (Wildman–Crippen LogP) is 3.10. The average Bonchev–Trinajstić information content (AvgIpc) is 2.40. The standard InChI is InChI=1S/C14H14BrNO2/c15-13-6-5-12(16)7-14(13)18-9-11-3-1-10(8-17)2-4-11/h1-7,17H,8-9,16H2. The maximum Gasteiger partial charge on any atom is 0.136 e. The average molecular weight is 308 g/mol. The molecule has 0 atom stereocenters. The van der Waals surface area contributed by atoms with Gasteiger partial charge in [0, 0.05) is 11.8 Å². The van der Waals surface area contributed by atoms with Crippen molar-refractivity contribution < 1.29 is 9.84 Å². The number of ether oxygens (including phenoxy) is 1. The molecule has 0 fully saturated rings. The zero-order valence-corrected chi connectivity index (χ0v) is 11.4. The Kier molecular flexibility index (Phi) is 4.23. The molecule has 2 rings (SSSR count). The number of rotatable bonds is 4. The molecule has 3 N–H and O–H groups in total. The van der Waals surface area contributed by atoms with E-state index in [1.54, 1.807) is 6.07 Å². The summed E-state index contributed by atoms with van der Waals surface area (Å²) >= 11 is 3.41. The van der Waals surface area contributed by atoms with E-state index in [1.807, 2.05) is 36.4 Å². The van der Waals surface area contributed by atoms with Crippen LogP contribution in [0.15, 0.2) is 46.9 Å². The van der Waals surface area contributed by atoms with Crippen molar-refractivity contribution in [3.8, 4) is 5.75 Å². The third kappa shape index (κ3) is 3.24. The quantitative estimate of drug-likeness (QED) is 0.853. The van der Waals surface area contributed by atoms with Crippen LogP contribution in [0, 0.1) is 0 Å².